The highest BCUT2D eigenvalue weighted by Gasteiger charge is 2.17. The number of carbonyl (C=O) groups excluding carboxylic acids is 2. The lowest BCUT2D eigenvalue weighted by Gasteiger charge is -2.26. The Morgan fingerprint density at radius 2 is 1.90 bits per heavy atom. The van der Waals surface area contributed by atoms with Crippen molar-refractivity contribution in [2.75, 3.05) is 62.8 Å². The molecule has 0 spiro atoms. The molecular formula is C19H30Cl2N4O3S. The predicted octanol–water partition coefficient (Wildman–Crippen LogP) is 1.63. The first-order valence-corrected chi connectivity index (χ1v) is 10.7. The Hall–Kier alpha value is -1.03. The number of ether oxygens (including phenoxy) is 1. The van der Waals surface area contributed by atoms with Gasteiger partial charge < -0.3 is 20.7 Å². The van der Waals surface area contributed by atoms with E-state index in [1.54, 1.807) is 24.3 Å². The van der Waals surface area contributed by atoms with E-state index >= 15 is 0 Å². The third kappa shape index (κ3) is 9.11. The van der Waals surface area contributed by atoms with E-state index in [2.05, 4.69) is 20.9 Å². The van der Waals surface area contributed by atoms with Crippen molar-refractivity contribution in [1.82, 2.24) is 15.5 Å². The number of morpholine rings is 1. The average molecular weight is 465 g/mol. The van der Waals surface area contributed by atoms with E-state index in [1.807, 2.05) is 11.8 Å². The summed E-state index contributed by atoms with van der Waals surface area (Å²) in [6.07, 6.45) is 0.469. The zero-order valence-electron chi connectivity index (χ0n) is 16.4. The Kier molecular flexibility index (Phi) is 12.6. The van der Waals surface area contributed by atoms with Crippen molar-refractivity contribution in [3.05, 3.63) is 29.8 Å². The van der Waals surface area contributed by atoms with Crippen LogP contribution in [-0.2, 0) is 9.53 Å². The summed E-state index contributed by atoms with van der Waals surface area (Å²) in [6, 6.07) is 7.28. The van der Waals surface area contributed by atoms with Crippen LogP contribution < -0.4 is 16.0 Å². The fraction of sp³-hybridized carbons (Fsp3) is 0.579. The topological polar surface area (TPSA) is 82.7 Å². The van der Waals surface area contributed by atoms with E-state index in [0.29, 0.717) is 24.2 Å². The average Bonchev–Trinajstić information content (AvgIpc) is 2.70. The molecule has 1 aromatic rings. The molecule has 0 bridgehead atoms. The van der Waals surface area contributed by atoms with Crippen molar-refractivity contribution in [3.63, 3.8) is 0 Å². The monoisotopic (exact) mass is 464 g/mol. The molecule has 2 amide bonds. The van der Waals surface area contributed by atoms with Gasteiger partial charge in [0.15, 0.2) is 0 Å². The standard InChI is InChI=1S/C19H28N4O3S.2ClH/c24-18(13-17-14-27-12-6-20-17)22-16-3-1-15(2-4-16)19(25)21-5-7-23-8-10-26-11-9-23;;/h1-4,17,20H,5-14H2,(H,21,25)(H,22,24);2*1H. The van der Waals surface area contributed by atoms with E-state index < -0.39 is 0 Å². The fourth-order valence-electron chi connectivity index (χ4n) is 3.15. The molecule has 2 saturated heterocycles. The van der Waals surface area contributed by atoms with Crippen molar-refractivity contribution in [2.45, 2.75) is 12.5 Å². The summed E-state index contributed by atoms with van der Waals surface area (Å²) < 4.78 is 5.31. The van der Waals surface area contributed by atoms with Gasteiger partial charge in [0.2, 0.25) is 5.91 Å². The molecular weight excluding hydrogens is 435 g/mol. The number of rotatable bonds is 7. The van der Waals surface area contributed by atoms with Crippen LogP contribution in [0.25, 0.3) is 0 Å². The van der Waals surface area contributed by atoms with Crippen LogP contribution in [0.2, 0.25) is 0 Å². The predicted molar refractivity (Wildman–Crippen MR) is 123 cm³/mol. The van der Waals surface area contributed by atoms with Crippen molar-refractivity contribution in [1.29, 1.82) is 0 Å². The molecule has 2 aliphatic rings. The molecule has 1 unspecified atom stereocenters. The zero-order valence-corrected chi connectivity index (χ0v) is 18.8. The maximum Gasteiger partial charge on any atom is 0.251 e. The van der Waals surface area contributed by atoms with Gasteiger partial charge >= 0.3 is 0 Å². The van der Waals surface area contributed by atoms with Gasteiger partial charge in [-0.15, -0.1) is 24.8 Å². The molecule has 0 aliphatic carbocycles. The Bertz CT molecular complexity index is 624. The molecule has 1 atom stereocenters. The van der Waals surface area contributed by atoms with E-state index in [0.717, 1.165) is 50.9 Å². The summed E-state index contributed by atoms with van der Waals surface area (Å²) in [5.74, 6) is 1.98. The van der Waals surface area contributed by atoms with Crippen LogP contribution in [0.4, 0.5) is 5.69 Å². The van der Waals surface area contributed by atoms with Gasteiger partial charge in [0, 0.05) is 67.9 Å². The van der Waals surface area contributed by atoms with Gasteiger partial charge in [-0.1, -0.05) is 0 Å². The van der Waals surface area contributed by atoms with Gasteiger partial charge in [-0.2, -0.15) is 11.8 Å². The third-order valence-corrected chi connectivity index (χ3v) is 5.81. The first-order valence-electron chi connectivity index (χ1n) is 9.50. The minimum absolute atomic E-state index is 0. The molecule has 0 radical (unpaired) electrons. The first kappa shape index (κ1) is 26.0. The summed E-state index contributed by atoms with van der Waals surface area (Å²) in [4.78, 5) is 26.6. The number of nitrogens with one attached hydrogen (secondary N) is 3. The van der Waals surface area contributed by atoms with Crippen LogP contribution in [0.15, 0.2) is 24.3 Å². The van der Waals surface area contributed by atoms with E-state index in [9.17, 15) is 9.59 Å². The number of nitrogens with zero attached hydrogens (tertiary/aromatic N) is 1. The second-order valence-corrected chi connectivity index (χ2v) is 7.92. The minimum Gasteiger partial charge on any atom is -0.379 e. The zero-order chi connectivity index (χ0) is 18.9. The third-order valence-electron chi connectivity index (χ3n) is 4.68. The second-order valence-electron chi connectivity index (χ2n) is 6.77. The largest absolute Gasteiger partial charge is 0.379 e. The second kappa shape index (κ2) is 14.1. The van der Waals surface area contributed by atoms with E-state index in [4.69, 9.17) is 4.74 Å². The Morgan fingerprint density at radius 1 is 1.17 bits per heavy atom. The summed E-state index contributed by atoms with van der Waals surface area (Å²) in [7, 11) is 0. The SMILES string of the molecule is Cl.Cl.O=C(CC1CSCCN1)Nc1ccc(C(=O)NCCN2CCOCC2)cc1. The molecule has 10 heteroatoms. The molecule has 0 aromatic heterocycles. The fourth-order valence-corrected chi connectivity index (χ4v) is 4.10. The van der Waals surface area contributed by atoms with Crippen molar-refractivity contribution in [2.24, 2.45) is 0 Å². The summed E-state index contributed by atoms with van der Waals surface area (Å²) in [5, 5.41) is 9.20. The van der Waals surface area contributed by atoms with Crippen molar-refractivity contribution >= 4 is 54.1 Å². The molecule has 2 aliphatic heterocycles. The smallest absolute Gasteiger partial charge is 0.251 e. The van der Waals surface area contributed by atoms with Gasteiger partial charge in [0.05, 0.1) is 13.2 Å². The van der Waals surface area contributed by atoms with Crippen LogP contribution in [0.1, 0.15) is 16.8 Å². The van der Waals surface area contributed by atoms with Crippen molar-refractivity contribution in [3.8, 4) is 0 Å². The maximum atomic E-state index is 12.2. The van der Waals surface area contributed by atoms with Gasteiger partial charge in [-0.05, 0) is 24.3 Å². The molecule has 164 valence electrons. The Morgan fingerprint density at radius 3 is 2.55 bits per heavy atom. The maximum absolute atomic E-state index is 12.2. The molecule has 2 heterocycles. The lowest BCUT2D eigenvalue weighted by atomic mass is 10.1. The normalized spacial score (nSPS) is 19.4. The van der Waals surface area contributed by atoms with Crippen LogP contribution >= 0.6 is 36.6 Å². The minimum atomic E-state index is -0.0930. The molecule has 1 aromatic carbocycles. The van der Waals surface area contributed by atoms with Crippen LogP contribution in [0, 0.1) is 0 Å². The quantitative estimate of drug-likeness (QED) is 0.568. The highest BCUT2D eigenvalue weighted by atomic mass is 35.5. The molecule has 0 saturated carbocycles. The summed E-state index contributed by atoms with van der Waals surface area (Å²) >= 11 is 1.88. The van der Waals surface area contributed by atoms with Crippen molar-refractivity contribution < 1.29 is 14.3 Å². The summed E-state index contributed by atoms with van der Waals surface area (Å²) in [6.45, 7) is 5.75. The number of hydrogen-bond donors (Lipinski definition) is 3. The lowest BCUT2D eigenvalue weighted by molar-refractivity contribution is -0.116. The number of halogens is 2. The molecule has 3 rings (SSSR count). The highest BCUT2D eigenvalue weighted by Crippen LogP contribution is 2.13. The Labute approximate surface area is 188 Å². The van der Waals surface area contributed by atoms with Crippen LogP contribution in [0.3, 0.4) is 0 Å². The van der Waals surface area contributed by atoms with Crippen LogP contribution in [0.5, 0.6) is 0 Å². The molecule has 3 N–H and O–H groups in total. The van der Waals surface area contributed by atoms with Gasteiger partial charge in [-0.25, -0.2) is 0 Å². The van der Waals surface area contributed by atoms with Gasteiger partial charge in [-0.3, -0.25) is 14.5 Å². The number of carbonyl (C=O) groups is 2. The first-order chi connectivity index (χ1) is 13.2. The lowest BCUT2D eigenvalue weighted by Crippen LogP contribution is -2.41. The number of thioether (sulfide) groups is 1. The van der Waals surface area contributed by atoms with Crippen LogP contribution in [-0.4, -0.2) is 80.2 Å². The Balaban J connectivity index is 0.00000210. The van der Waals surface area contributed by atoms with E-state index in [-0.39, 0.29) is 42.7 Å². The van der Waals surface area contributed by atoms with Gasteiger partial charge in [0.25, 0.3) is 5.91 Å². The highest BCUT2D eigenvalue weighted by molar-refractivity contribution is 7.99. The number of anilines is 1. The van der Waals surface area contributed by atoms with Gasteiger partial charge in [0.1, 0.15) is 0 Å². The molecule has 2 fully saturated rings. The number of hydrogen-bond acceptors (Lipinski definition) is 6. The molecule has 7 nitrogen and oxygen atoms in total. The number of amides is 2. The molecule has 29 heavy (non-hydrogen) atoms. The van der Waals surface area contributed by atoms with E-state index in [1.165, 1.54) is 0 Å². The summed E-state index contributed by atoms with van der Waals surface area (Å²) in [5.41, 5.74) is 1.31. The number of benzene rings is 1.